The highest BCUT2D eigenvalue weighted by molar-refractivity contribution is 5.92. The molecule has 0 radical (unpaired) electrons. The van der Waals surface area contributed by atoms with E-state index in [2.05, 4.69) is 10.3 Å². The summed E-state index contributed by atoms with van der Waals surface area (Å²) in [7, 11) is 1.62. The Morgan fingerprint density at radius 2 is 1.44 bits per heavy atom. The quantitative estimate of drug-likeness (QED) is 0.0740. The van der Waals surface area contributed by atoms with E-state index in [1.165, 1.54) is 6.08 Å². The van der Waals surface area contributed by atoms with Crippen molar-refractivity contribution in [2.45, 2.75) is 40.8 Å². The van der Waals surface area contributed by atoms with E-state index in [4.69, 9.17) is 18.9 Å². The van der Waals surface area contributed by atoms with E-state index < -0.39 is 17.8 Å². The molecule has 0 unspecified atom stereocenters. The molecule has 9 nitrogen and oxygen atoms in total. The average molecular weight is 697 g/mol. The second-order valence-corrected chi connectivity index (χ2v) is 12.1. The van der Waals surface area contributed by atoms with Gasteiger partial charge in [-0.3, -0.25) is 9.78 Å². The van der Waals surface area contributed by atoms with Gasteiger partial charge >= 0.3 is 11.9 Å². The van der Waals surface area contributed by atoms with Crippen LogP contribution in [0, 0.1) is 27.7 Å². The molecule has 4 aromatic carbocycles. The lowest BCUT2D eigenvalue weighted by atomic mass is 10.1. The van der Waals surface area contributed by atoms with E-state index in [-0.39, 0.29) is 18.9 Å². The number of carbonyl (C=O) groups excluding carboxylic acids is 3. The average Bonchev–Trinajstić information content (AvgIpc) is 3.14. The first-order valence-electron chi connectivity index (χ1n) is 16.7. The van der Waals surface area contributed by atoms with Crippen molar-refractivity contribution in [1.29, 1.82) is 0 Å². The summed E-state index contributed by atoms with van der Waals surface area (Å²) in [5.41, 5.74) is 5.95. The van der Waals surface area contributed by atoms with Crippen molar-refractivity contribution in [2.24, 2.45) is 0 Å². The van der Waals surface area contributed by atoms with Crippen LogP contribution in [0.4, 0.5) is 0 Å². The maximum absolute atomic E-state index is 13.2. The molecule has 1 heterocycles. The molecule has 0 atom stereocenters. The van der Waals surface area contributed by atoms with Crippen LogP contribution in [0.1, 0.15) is 59.8 Å². The van der Waals surface area contributed by atoms with Gasteiger partial charge in [-0.15, -0.1) is 0 Å². The van der Waals surface area contributed by atoms with Crippen molar-refractivity contribution in [3.63, 3.8) is 0 Å². The van der Waals surface area contributed by atoms with E-state index in [1.54, 1.807) is 56.6 Å². The van der Waals surface area contributed by atoms with Gasteiger partial charge in [-0.2, -0.15) is 0 Å². The molecule has 5 rings (SSSR count). The zero-order chi connectivity index (χ0) is 37.0. The summed E-state index contributed by atoms with van der Waals surface area (Å²) in [6.45, 7) is 7.33. The van der Waals surface area contributed by atoms with Gasteiger partial charge < -0.3 is 24.3 Å². The summed E-state index contributed by atoms with van der Waals surface area (Å²) in [5, 5.41) is 2.86. The third-order valence-electron chi connectivity index (χ3n) is 8.13. The summed E-state index contributed by atoms with van der Waals surface area (Å²) in [6, 6.07) is 27.2. The van der Waals surface area contributed by atoms with Gasteiger partial charge in [0.25, 0.3) is 0 Å². The number of carbonyl (C=O) groups is 3. The van der Waals surface area contributed by atoms with Crippen LogP contribution in [0.5, 0.6) is 23.0 Å². The monoisotopic (exact) mass is 696 g/mol. The van der Waals surface area contributed by atoms with Gasteiger partial charge in [-0.05, 0) is 69.7 Å². The van der Waals surface area contributed by atoms with Crippen LogP contribution in [0.3, 0.4) is 0 Å². The predicted molar refractivity (Wildman–Crippen MR) is 200 cm³/mol. The Labute approximate surface area is 303 Å². The molecular formula is C43H40N2O7. The molecule has 0 saturated carbocycles. The van der Waals surface area contributed by atoms with Crippen LogP contribution in [-0.2, 0) is 22.7 Å². The number of rotatable bonds is 13. The second kappa shape index (κ2) is 17.4. The normalized spacial score (nSPS) is 11.0. The number of aromatic nitrogens is 1. The van der Waals surface area contributed by atoms with E-state index in [0.29, 0.717) is 39.4 Å². The first kappa shape index (κ1) is 36.8. The lowest BCUT2D eigenvalue weighted by Gasteiger charge is -2.17. The van der Waals surface area contributed by atoms with E-state index >= 15 is 0 Å². The fourth-order valence-corrected chi connectivity index (χ4v) is 5.13. The molecule has 1 aromatic heterocycles. The SMILES string of the molecule is COc1cc(Oc2ccccc2C=CC=CC(=O)NCc2c(COC(=O)c3ccc(C)cc3)cnc(C)c2OC(=O)c2ccc(C)cc2)ccc1C. The third kappa shape index (κ3) is 9.82. The highest BCUT2D eigenvalue weighted by Crippen LogP contribution is 2.31. The maximum atomic E-state index is 13.2. The van der Waals surface area contributed by atoms with Gasteiger partial charge in [-0.1, -0.05) is 77.9 Å². The number of para-hydroxylation sites is 1. The van der Waals surface area contributed by atoms with Gasteiger partial charge in [0.05, 0.1) is 23.9 Å². The standard InChI is InChI=1S/C43H40N2O7/c1-28-14-19-33(20-15-28)42(47)50-27-35-25-44-31(4)41(52-43(48)34-21-16-29(2)17-22-34)37(35)26-45-40(46)13-9-7-11-32-10-6-8-12-38(32)51-36-23-18-30(3)39(24-36)49-5/h6-25H,26-27H2,1-5H3,(H,45,46). The minimum atomic E-state index is -0.581. The zero-order valence-electron chi connectivity index (χ0n) is 29.8. The van der Waals surface area contributed by atoms with Crippen LogP contribution >= 0.6 is 0 Å². The molecule has 0 saturated heterocycles. The molecule has 0 aliphatic rings. The lowest BCUT2D eigenvalue weighted by molar-refractivity contribution is -0.116. The first-order valence-corrected chi connectivity index (χ1v) is 16.7. The number of hydrogen-bond donors (Lipinski definition) is 1. The highest BCUT2D eigenvalue weighted by Gasteiger charge is 2.20. The van der Waals surface area contributed by atoms with Crippen LogP contribution < -0.4 is 19.5 Å². The van der Waals surface area contributed by atoms with Crippen molar-refractivity contribution < 1.29 is 33.3 Å². The number of nitrogens with one attached hydrogen (secondary N) is 1. The summed E-state index contributed by atoms with van der Waals surface area (Å²) in [4.78, 5) is 43.4. The molecule has 0 fully saturated rings. The van der Waals surface area contributed by atoms with Crippen molar-refractivity contribution >= 4 is 23.9 Å². The molecular weight excluding hydrogens is 656 g/mol. The number of esters is 2. The molecule has 0 aliphatic heterocycles. The van der Waals surface area contributed by atoms with Gasteiger partial charge in [0, 0.05) is 41.6 Å². The highest BCUT2D eigenvalue weighted by atomic mass is 16.5. The third-order valence-corrected chi connectivity index (χ3v) is 8.13. The predicted octanol–water partition coefficient (Wildman–Crippen LogP) is 8.58. The summed E-state index contributed by atoms with van der Waals surface area (Å²) >= 11 is 0. The number of benzene rings is 4. The molecule has 5 aromatic rings. The van der Waals surface area contributed by atoms with Crippen LogP contribution in [-0.4, -0.2) is 29.9 Å². The molecule has 9 heteroatoms. The number of nitrogens with zero attached hydrogens (tertiary/aromatic N) is 1. The Morgan fingerprint density at radius 1 is 0.769 bits per heavy atom. The van der Waals surface area contributed by atoms with Crippen molar-refractivity contribution in [3.05, 3.63) is 166 Å². The van der Waals surface area contributed by atoms with Crippen molar-refractivity contribution in [2.75, 3.05) is 7.11 Å². The Hall–Kier alpha value is -6.48. The molecule has 1 N–H and O–H groups in total. The van der Waals surface area contributed by atoms with Gasteiger partial charge in [0.15, 0.2) is 5.75 Å². The van der Waals surface area contributed by atoms with Crippen LogP contribution in [0.2, 0.25) is 0 Å². The van der Waals surface area contributed by atoms with Crippen LogP contribution in [0.25, 0.3) is 6.08 Å². The minimum absolute atomic E-state index is 0.0269. The molecule has 0 aliphatic carbocycles. The van der Waals surface area contributed by atoms with Gasteiger partial charge in [0.2, 0.25) is 5.91 Å². The molecule has 0 bridgehead atoms. The summed E-state index contributed by atoms with van der Waals surface area (Å²) in [6.07, 6.45) is 8.11. The molecule has 264 valence electrons. The van der Waals surface area contributed by atoms with E-state index in [0.717, 1.165) is 28.0 Å². The Bertz CT molecular complexity index is 2120. The number of hydrogen-bond acceptors (Lipinski definition) is 8. The largest absolute Gasteiger partial charge is 0.496 e. The zero-order valence-corrected chi connectivity index (χ0v) is 29.8. The number of aryl methyl sites for hydroxylation is 4. The smallest absolute Gasteiger partial charge is 0.343 e. The Morgan fingerprint density at radius 3 is 2.13 bits per heavy atom. The van der Waals surface area contributed by atoms with Gasteiger partial charge in [-0.25, -0.2) is 9.59 Å². The molecule has 0 spiro atoms. The topological polar surface area (TPSA) is 113 Å². The van der Waals surface area contributed by atoms with Crippen LogP contribution in [0.15, 0.2) is 115 Å². The van der Waals surface area contributed by atoms with Crippen molar-refractivity contribution in [1.82, 2.24) is 10.3 Å². The fourth-order valence-electron chi connectivity index (χ4n) is 5.13. The fraction of sp³-hybridized carbons (Fsp3) is 0.163. The number of amides is 1. The lowest BCUT2D eigenvalue weighted by Crippen LogP contribution is -2.23. The molecule has 1 amide bonds. The summed E-state index contributed by atoms with van der Waals surface area (Å²) < 4.78 is 23.0. The maximum Gasteiger partial charge on any atom is 0.343 e. The number of allylic oxidation sites excluding steroid dienone is 2. The Balaban J connectivity index is 1.30. The van der Waals surface area contributed by atoms with Gasteiger partial charge in [0.1, 0.15) is 23.9 Å². The molecule has 52 heavy (non-hydrogen) atoms. The summed E-state index contributed by atoms with van der Waals surface area (Å²) in [5.74, 6) is 0.691. The second-order valence-electron chi connectivity index (χ2n) is 12.1. The van der Waals surface area contributed by atoms with E-state index in [9.17, 15) is 14.4 Å². The number of methoxy groups -OCH3 is 1. The van der Waals surface area contributed by atoms with Crippen molar-refractivity contribution in [3.8, 4) is 23.0 Å². The van der Waals surface area contributed by atoms with E-state index in [1.807, 2.05) is 93.6 Å². The first-order chi connectivity index (χ1) is 25.1. The minimum Gasteiger partial charge on any atom is -0.496 e. The Kier molecular flexibility index (Phi) is 12.3. The number of ether oxygens (including phenoxy) is 4. The number of pyridine rings is 1.